The van der Waals surface area contributed by atoms with E-state index in [1.165, 1.54) is 10.5 Å². The van der Waals surface area contributed by atoms with E-state index in [1.54, 1.807) is 12.1 Å². The van der Waals surface area contributed by atoms with Gasteiger partial charge < -0.3 is 10.2 Å². The molecule has 1 fully saturated rings. The minimum Gasteiger partial charge on any atom is -0.370 e. The molecule has 0 amide bonds. The molecule has 1 aliphatic rings. The zero-order chi connectivity index (χ0) is 13.9. The number of piperazine rings is 1. The molecule has 0 spiro atoms. The van der Waals surface area contributed by atoms with Gasteiger partial charge in [-0.3, -0.25) is 0 Å². The van der Waals surface area contributed by atoms with Gasteiger partial charge in [0, 0.05) is 38.9 Å². The minimum atomic E-state index is -3.40. The van der Waals surface area contributed by atoms with E-state index in [4.69, 9.17) is 0 Å². The molecule has 19 heavy (non-hydrogen) atoms. The summed E-state index contributed by atoms with van der Waals surface area (Å²) in [4.78, 5) is 6.50. The van der Waals surface area contributed by atoms with Crippen molar-refractivity contribution in [2.24, 2.45) is 0 Å². The highest BCUT2D eigenvalue weighted by atomic mass is 32.2. The third kappa shape index (κ3) is 3.23. The normalized spacial score (nSPS) is 18.4. The first-order valence-electron chi connectivity index (χ1n) is 6.42. The van der Waals surface area contributed by atoms with E-state index in [2.05, 4.69) is 15.2 Å². The number of hydrogen-bond donors (Lipinski definition) is 1. The standard InChI is InChI=1S/C12H20N4O2S/c1-3-13-12-5-4-11(10-14-12)19(17,18)16-8-6-15(2)7-9-16/h4-5,10H,3,6-9H2,1-2H3,(H,13,14). The van der Waals surface area contributed by atoms with Gasteiger partial charge in [0.2, 0.25) is 10.0 Å². The predicted molar refractivity (Wildman–Crippen MR) is 74.7 cm³/mol. The summed E-state index contributed by atoms with van der Waals surface area (Å²) in [6.45, 7) is 5.33. The highest BCUT2D eigenvalue weighted by Crippen LogP contribution is 2.17. The van der Waals surface area contributed by atoms with Crippen molar-refractivity contribution in [3.8, 4) is 0 Å². The molecule has 0 atom stereocenters. The van der Waals surface area contributed by atoms with Crippen molar-refractivity contribution >= 4 is 15.8 Å². The second-order valence-electron chi connectivity index (χ2n) is 4.62. The molecule has 0 radical (unpaired) electrons. The number of hydrogen-bond acceptors (Lipinski definition) is 5. The quantitative estimate of drug-likeness (QED) is 0.869. The molecule has 0 saturated carbocycles. The Morgan fingerprint density at radius 1 is 1.26 bits per heavy atom. The highest BCUT2D eigenvalue weighted by molar-refractivity contribution is 7.89. The van der Waals surface area contributed by atoms with Gasteiger partial charge >= 0.3 is 0 Å². The van der Waals surface area contributed by atoms with Gasteiger partial charge in [0.05, 0.1) is 0 Å². The maximum absolute atomic E-state index is 12.4. The zero-order valence-corrected chi connectivity index (χ0v) is 12.2. The first kappa shape index (κ1) is 14.2. The molecular formula is C12H20N4O2S. The molecule has 1 aromatic heterocycles. The van der Waals surface area contributed by atoms with E-state index < -0.39 is 10.0 Å². The number of rotatable bonds is 4. The Morgan fingerprint density at radius 3 is 2.47 bits per heavy atom. The number of likely N-dealkylation sites (N-methyl/N-ethyl adjacent to an activating group) is 1. The number of nitrogens with zero attached hydrogens (tertiary/aromatic N) is 3. The lowest BCUT2D eigenvalue weighted by Crippen LogP contribution is -2.47. The number of sulfonamides is 1. The molecule has 6 nitrogen and oxygen atoms in total. The van der Waals surface area contributed by atoms with E-state index in [1.807, 2.05) is 14.0 Å². The van der Waals surface area contributed by atoms with Crippen LogP contribution in [0.2, 0.25) is 0 Å². The summed E-state index contributed by atoms with van der Waals surface area (Å²) in [5, 5.41) is 3.05. The van der Waals surface area contributed by atoms with Gasteiger partial charge in [-0.05, 0) is 26.1 Å². The van der Waals surface area contributed by atoms with Gasteiger partial charge in [-0.2, -0.15) is 4.31 Å². The molecule has 7 heteroatoms. The third-order valence-corrected chi connectivity index (χ3v) is 5.08. The van der Waals surface area contributed by atoms with E-state index >= 15 is 0 Å². The Labute approximate surface area is 114 Å². The fourth-order valence-electron chi connectivity index (χ4n) is 2.00. The van der Waals surface area contributed by atoms with Gasteiger partial charge in [0.25, 0.3) is 0 Å². The van der Waals surface area contributed by atoms with E-state index in [0.717, 1.165) is 19.6 Å². The minimum absolute atomic E-state index is 0.263. The van der Waals surface area contributed by atoms with Crippen LogP contribution in [0.25, 0.3) is 0 Å². The largest absolute Gasteiger partial charge is 0.370 e. The van der Waals surface area contributed by atoms with E-state index in [-0.39, 0.29) is 4.90 Å². The summed E-state index contributed by atoms with van der Waals surface area (Å²) < 4.78 is 26.3. The van der Waals surface area contributed by atoms with Gasteiger partial charge in [-0.15, -0.1) is 0 Å². The van der Waals surface area contributed by atoms with Crippen molar-refractivity contribution in [1.82, 2.24) is 14.2 Å². The Balaban J connectivity index is 2.15. The molecule has 0 aromatic carbocycles. The first-order chi connectivity index (χ1) is 9.04. The first-order valence-corrected chi connectivity index (χ1v) is 7.86. The molecular weight excluding hydrogens is 264 g/mol. The van der Waals surface area contributed by atoms with E-state index in [0.29, 0.717) is 18.9 Å². The average Bonchev–Trinajstić information content (AvgIpc) is 2.40. The molecule has 1 N–H and O–H groups in total. The average molecular weight is 284 g/mol. The molecule has 1 aromatic rings. The molecule has 106 valence electrons. The fraction of sp³-hybridized carbons (Fsp3) is 0.583. The van der Waals surface area contributed by atoms with Crippen LogP contribution in [0.4, 0.5) is 5.82 Å². The molecule has 0 unspecified atom stereocenters. The number of aromatic nitrogens is 1. The van der Waals surface area contributed by atoms with Crippen molar-refractivity contribution in [1.29, 1.82) is 0 Å². The van der Waals surface area contributed by atoms with Crippen molar-refractivity contribution in [3.05, 3.63) is 18.3 Å². The van der Waals surface area contributed by atoms with Crippen LogP contribution < -0.4 is 5.32 Å². The molecule has 1 aliphatic heterocycles. The summed E-state index contributed by atoms with van der Waals surface area (Å²) in [5.74, 6) is 0.694. The molecule has 0 aliphatic carbocycles. The van der Waals surface area contributed by atoms with Gasteiger partial charge in [-0.25, -0.2) is 13.4 Å². The van der Waals surface area contributed by atoms with Crippen LogP contribution in [0, 0.1) is 0 Å². The van der Waals surface area contributed by atoms with E-state index in [9.17, 15) is 8.42 Å². The smallest absolute Gasteiger partial charge is 0.244 e. The van der Waals surface area contributed by atoms with Gasteiger partial charge in [-0.1, -0.05) is 0 Å². The van der Waals surface area contributed by atoms with Crippen molar-refractivity contribution in [2.75, 3.05) is 45.1 Å². The number of anilines is 1. The maximum atomic E-state index is 12.4. The Kier molecular flexibility index (Phi) is 4.38. The number of nitrogens with one attached hydrogen (secondary N) is 1. The van der Waals surface area contributed by atoms with Crippen molar-refractivity contribution < 1.29 is 8.42 Å². The zero-order valence-electron chi connectivity index (χ0n) is 11.3. The van der Waals surface area contributed by atoms with Gasteiger partial charge in [0.1, 0.15) is 10.7 Å². The SMILES string of the molecule is CCNc1ccc(S(=O)(=O)N2CCN(C)CC2)cn1. The maximum Gasteiger partial charge on any atom is 0.244 e. The van der Waals surface area contributed by atoms with Crippen LogP contribution in [0.15, 0.2) is 23.2 Å². The lowest BCUT2D eigenvalue weighted by molar-refractivity contribution is 0.222. The van der Waals surface area contributed by atoms with Gasteiger partial charge in [0.15, 0.2) is 0 Å². The lowest BCUT2D eigenvalue weighted by Gasteiger charge is -2.31. The van der Waals surface area contributed by atoms with Crippen LogP contribution in [0.3, 0.4) is 0 Å². The molecule has 2 heterocycles. The molecule has 1 saturated heterocycles. The van der Waals surface area contributed by atoms with Crippen LogP contribution in [0.1, 0.15) is 6.92 Å². The van der Waals surface area contributed by atoms with Crippen LogP contribution in [-0.2, 0) is 10.0 Å². The monoisotopic (exact) mass is 284 g/mol. The van der Waals surface area contributed by atoms with Crippen LogP contribution in [-0.4, -0.2) is 62.4 Å². The lowest BCUT2D eigenvalue weighted by atomic mass is 10.4. The third-order valence-electron chi connectivity index (χ3n) is 3.19. The number of pyridine rings is 1. The molecule has 2 rings (SSSR count). The molecule has 0 bridgehead atoms. The van der Waals surface area contributed by atoms with Crippen LogP contribution >= 0.6 is 0 Å². The highest BCUT2D eigenvalue weighted by Gasteiger charge is 2.27. The Hall–Kier alpha value is -1.18. The summed E-state index contributed by atoms with van der Waals surface area (Å²) in [5.41, 5.74) is 0. The van der Waals surface area contributed by atoms with Crippen molar-refractivity contribution in [3.63, 3.8) is 0 Å². The Bertz CT molecular complexity index is 507. The Morgan fingerprint density at radius 2 is 1.95 bits per heavy atom. The van der Waals surface area contributed by atoms with Crippen LogP contribution in [0.5, 0.6) is 0 Å². The predicted octanol–water partition coefficient (Wildman–Crippen LogP) is 0.449. The second-order valence-corrected chi connectivity index (χ2v) is 6.55. The second kappa shape index (κ2) is 5.85. The summed E-state index contributed by atoms with van der Waals surface area (Å²) >= 11 is 0. The fourth-order valence-corrected chi connectivity index (χ4v) is 3.36. The van der Waals surface area contributed by atoms with Crippen molar-refractivity contribution in [2.45, 2.75) is 11.8 Å². The summed E-state index contributed by atoms with van der Waals surface area (Å²) in [6.07, 6.45) is 1.42. The topological polar surface area (TPSA) is 65.5 Å². The summed E-state index contributed by atoms with van der Waals surface area (Å²) in [7, 11) is -1.40. The summed E-state index contributed by atoms with van der Waals surface area (Å²) in [6, 6.07) is 3.31.